The summed E-state index contributed by atoms with van der Waals surface area (Å²) in [5.74, 6) is -1.97. The molecule has 3 aromatic rings. The first-order valence-electron chi connectivity index (χ1n) is 16.2. The number of fused-ring (bicyclic) bond motifs is 3. The van der Waals surface area contributed by atoms with E-state index in [0.29, 0.717) is 23.2 Å². The second-order valence-corrected chi connectivity index (χ2v) is 14.0. The molecule has 0 bridgehead atoms. The highest BCUT2D eigenvalue weighted by molar-refractivity contribution is 6.03. The number of para-hydroxylation sites is 1. The molecule has 3 saturated heterocycles. The fourth-order valence-corrected chi connectivity index (χ4v) is 7.80. The fraction of sp³-hybridized carbons (Fsp3) is 0.459. The maximum absolute atomic E-state index is 14.9. The van der Waals surface area contributed by atoms with Crippen LogP contribution in [-0.4, -0.2) is 62.7 Å². The number of hydrogen-bond acceptors (Lipinski definition) is 8. The zero-order valence-electron chi connectivity index (χ0n) is 27.4. The van der Waals surface area contributed by atoms with Crippen LogP contribution in [0.15, 0.2) is 84.9 Å². The summed E-state index contributed by atoms with van der Waals surface area (Å²) < 4.78 is 33.5. The number of morpholine rings is 1. The summed E-state index contributed by atoms with van der Waals surface area (Å²) in [5.41, 5.74) is -6.30. The Morgan fingerprint density at radius 1 is 1.00 bits per heavy atom. The Balaban J connectivity index is 1.48. The van der Waals surface area contributed by atoms with E-state index >= 15 is 0 Å². The minimum Gasteiger partial charge on any atom is -0.460 e. The highest BCUT2D eigenvalue weighted by atomic mass is 19.1. The van der Waals surface area contributed by atoms with Crippen LogP contribution in [0.1, 0.15) is 65.0 Å². The number of amides is 1. The van der Waals surface area contributed by atoms with Crippen LogP contribution in [0.5, 0.6) is 0 Å². The first kappa shape index (κ1) is 33.2. The van der Waals surface area contributed by atoms with Gasteiger partial charge in [-0.15, -0.1) is 0 Å². The van der Waals surface area contributed by atoms with Gasteiger partial charge in [0.2, 0.25) is 5.60 Å². The van der Waals surface area contributed by atoms with Crippen molar-refractivity contribution in [2.45, 2.75) is 94.3 Å². The molecule has 0 aliphatic carbocycles. The maximum atomic E-state index is 14.9. The van der Waals surface area contributed by atoms with Gasteiger partial charge in [-0.3, -0.25) is 9.59 Å². The Labute approximate surface area is 274 Å². The van der Waals surface area contributed by atoms with Crippen molar-refractivity contribution < 1.29 is 38.4 Å². The molecule has 0 aromatic heterocycles. The summed E-state index contributed by atoms with van der Waals surface area (Å²) in [6.45, 7) is 9.34. The van der Waals surface area contributed by atoms with Crippen molar-refractivity contribution in [2.24, 2.45) is 5.92 Å². The highest BCUT2D eigenvalue weighted by Gasteiger charge is 2.99. The number of nitrogens with one attached hydrogen (secondary N) is 1. The van der Waals surface area contributed by atoms with E-state index in [4.69, 9.17) is 14.2 Å². The van der Waals surface area contributed by atoms with Crippen LogP contribution in [-0.2, 0) is 35.1 Å². The molecule has 3 unspecified atom stereocenters. The van der Waals surface area contributed by atoms with Crippen LogP contribution >= 0.6 is 0 Å². The van der Waals surface area contributed by atoms with Crippen molar-refractivity contribution >= 4 is 17.6 Å². The molecule has 0 saturated carbocycles. The number of ether oxygens (including phenoxy) is 3. The monoisotopic (exact) mass is 646 g/mol. The van der Waals surface area contributed by atoms with Crippen LogP contribution in [0.4, 0.5) is 10.1 Å². The predicted octanol–water partition coefficient (Wildman–Crippen LogP) is 5.21. The average Bonchev–Trinajstić information content (AvgIpc) is 3.71. The third kappa shape index (κ3) is 5.09. The Morgan fingerprint density at radius 2 is 1.62 bits per heavy atom. The fourth-order valence-electron chi connectivity index (χ4n) is 7.80. The summed E-state index contributed by atoms with van der Waals surface area (Å²) in [6, 6.07) is 23.6. The summed E-state index contributed by atoms with van der Waals surface area (Å²) in [7, 11) is 0. The van der Waals surface area contributed by atoms with Gasteiger partial charge in [0, 0.05) is 24.2 Å². The molecule has 3 N–H and O–H groups in total. The molecule has 3 aliphatic heterocycles. The zero-order valence-corrected chi connectivity index (χ0v) is 27.4. The maximum Gasteiger partial charge on any atom is 0.308 e. The highest BCUT2D eigenvalue weighted by Crippen LogP contribution is 2.79. The largest absolute Gasteiger partial charge is 0.460 e. The minimum absolute atomic E-state index is 0.0885. The molecule has 47 heavy (non-hydrogen) atoms. The van der Waals surface area contributed by atoms with Crippen molar-refractivity contribution in [1.82, 2.24) is 4.90 Å². The van der Waals surface area contributed by atoms with Gasteiger partial charge < -0.3 is 29.7 Å². The normalized spacial score (nSPS) is 30.7. The third-order valence-corrected chi connectivity index (χ3v) is 9.49. The van der Waals surface area contributed by atoms with Crippen molar-refractivity contribution in [3.8, 4) is 0 Å². The van der Waals surface area contributed by atoms with E-state index in [1.165, 1.54) is 24.3 Å². The number of esters is 1. The van der Waals surface area contributed by atoms with Gasteiger partial charge in [-0.1, -0.05) is 74.5 Å². The summed E-state index contributed by atoms with van der Waals surface area (Å²) in [5, 5.41) is 27.3. The van der Waals surface area contributed by atoms with E-state index < -0.39 is 64.1 Å². The Hall–Kier alpha value is -3.67. The lowest BCUT2D eigenvalue weighted by molar-refractivity contribution is -0.327. The van der Waals surface area contributed by atoms with Gasteiger partial charge in [-0.05, 0) is 62.9 Å². The molecule has 0 spiro atoms. The first-order valence-corrected chi connectivity index (χ1v) is 16.2. The smallest absolute Gasteiger partial charge is 0.308 e. The Kier molecular flexibility index (Phi) is 8.33. The molecular formula is C37H43FN2O7. The third-order valence-electron chi connectivity index (χ3n) is 9.49. The number of nitrogens with zero attached hydrogens (tertiary/aromatic N) is 1. The number of anilines is 1. The number of aliphatic hydroxyl groups is 2. The van der Waals surface area contributed by atoms with Gasteiger partial charge in [-0.25, -0.2) is 9.29 Å². The van der Waals surface area contributed by atoms with E-state index in [1.54, 1.807) is 62.1 Å². The van der Waals surface area contributed by atoms with Crippen LogP contribution in [0.2, 0.25) is 0 Å². The molecule has 3 fully saturated rings. The van der Waals surface area contributed by atoms with Crippen molar-refractivity contribution in [3.63, 3.8) is 0 Å². The van der Waals surface area contributed by atoms with Gasteiger partial charge in [-0.2, -0.15) is 0 Å². The molecule has 1 amide bonds. The van der Waals surface area contributed by atoms with E-state index in [-0.39, 0.29) is 19.4 Å². The number of aliphatic hydroxyl groups excluding tert-OH is 1. The van der Waals surface area contributed by atoms with Crippen LogP contribution in [0.3, 0.4) is 0 Å². The molecule has 3 heterocycles. The van der Waals surface area contributed by atoms with Crippen LogP contribution in [0, 0.1) is 11.7 Å². The van der Waals surface area contributed by atoms with E-state index in [2.05, 4.69) is 5.32 Å². The molecule has 9 nitrogen and oxygen atoms in total. The van der Waals surface area contributed by atoms with Gasteiger partial charge in [0.1, 0.15) is 11.4 Å². The van der Waals surface area contributed by atoms with E-state index in [9.17, 15) is 24.2 Å². The number of halogens is 1. The summed E-state index contributed by atoms with van der Waals surface area (Å²) in [4.78, 5) is 29.2. The predicted molar refractivity (Wildman–Crippen MR) is 172 cm³/mol. The number of hydrogen-bond donors (Lipinski definition) is 3. The minimum atomic E-state index is -1.99. The van der Waals surface area contributed by atoms with Crippen molar-refractivity contribution in [2.75, 3.05) is 11.9 Å². The molecule has 6 atom stereocenters. The Morgan fingerprint density at radius 3 is 2.21 bits per heavy atom. The lowest BCUT2D eigenvalue weighted by atomic mass is 9.73. The van der Waals surface area contributed by atoms with Crippen molar-refractivity contribution in [3.05, 3.63) is 102 Å². The number of carbonyl (C=O) groups excluding carboxylic acids is 2. The molecule has 0 radical (unpaired) electrons. The van der Waals surface area contributed by atoms with Crippen LogP contribution in [0.25, 0.3) is 0 Å². The SMILES string of the molecule is CC(C)[C@@]12O[C@H](C[C@@H](O)CC(=O)OC(C)(C)C)CCN1C(O)(c1ccc(F)cc1)C1(c3ccccc3)OC12C(=O)Nc1ccccc1. The van der Waals surface area contributed by atoms with Gasteiger partial charge >= 0.3 is 5.97 Å². The molecule has 3 aromatic carbocycles. The number of epoxide rings is 1. The Bertz CT molecular complexity index is 1620. The number of benzene rings is 3. The lowest BCUT2D eigenvalue weighted by Crippen LogP contribution is -2.70. The molecule has 10 heteroatoms. The lowest BCUT2D eigenvalue weighted by Gasteiger charge is -2.55. The average molecular weight is 647 g/mol. The molecular weight excluding hydrogens is 603 g/mol. The second kappa shape index (κ2) is 11.8. The van der Waals surface area contributed by atoms with E-state index in [0.717, 1.165) is 0 Å². The van der Waals surface area contributed by atoms with Gasteiger partial charge in [0.15, 0.2) is 17.1 Å². The molecule has 6 rings (SSSR count). The zero-order chi connectivity index (χ0) is 33.8. The second-order valence-electron chi connectivity index (χ2n) is 14.0. The summed E-state index contributed by atoms with van der Waals surface area (Å²) >= 11 is 0. The van der Waals surface area contributed by atoms with Gasteiger partial charge in [0.25, 0.3) is 5.91 Å². The standard InChI is InChI=1S/C37H43FN2O7/c1-24(2)37-35(32(43)39-28-14-10-7-11-15-28)34(47-35,25-12-8-6-9-13-25)36(44,26-16-18-27(38)19-17-26)40(37)21-20-30(45-37)22-29(41)23-31(42)46-33(3,4)5/h6-19,24,29-30,41,44H,20-23H2,1-5H3,(H,39,43)/t29-,30+,34?,35?,36?,37+/m1/s1. The summed E-state index contributed by atoms with van der Waals surface area (Å²) in [6.07, 6.45) is -1.45. The van der Waals surface area contributed by atoms with Gasteiger partial charge in [0.05, 0.1) is 18.6 Å². The number of carbonyl (C=O) groups is 2. The quantitative estimate of drug-likeness (QED) is 0.214. The molecule has 250 valence electrons. The van der Waals surface area contributed by atoms with E-state index in [1.807, 2.05) is 38.1 Å². The first-order chi connectivity index (χ1) is 22.2. The van der Waals surface area contributed by atoms with Crippen LogP contribution < -0.4 is 5.32 Å². The van der Waals surface area contributed by atoms with Crippen molar-refractivity contribution in [1.29, 1.82) is 0 Å². The molecule has 3 aliphatic rings. The topological polar surface area (TPSA) is 121 Å². The number of rotatable bonds is 9.